The molecule has 106 valence electrons. The first-order chi connectivity index (χ1) is 8.79. The number of carbonyl (C=O) groups is 1. The van der Waals surface area contributed by atoms with Gasteiger partial charge < -0.3 is 10.0 Å². The van der Waals surface area contributed by atoms with Crippen LogP contribution in [-0.4, -0.2) is 44.0 Å². The maximum absolute atomic E-state index is 12.2. The van der Waals surface area contributed by atoms with Crippen LogP contribution < -0.4 is 5.32 Å². The molecular weight excluding hydrogens is 244 g/mol. The molecule has 2 N–H and O–H groups in total. The van der Waals surface area contributed by atoms with Crippen LogP contribution >= 0.6 is 0 Å². The van der Waals surface area contributed by atoms with Gasteiger partial charge >= 0.3 is 6.03 Å². The number of aliphatic hydroxyl groups is 1. The van der Waals surface area contributed by atoms with Gasteiger partial charge in [-0.25, -0.2) is 4.79 Å². The van der Waals surface area contributed by atoms with Crippen LogP contribution in [0.4, 0.5) is 10.6 Å². The Labute approximate surface area is 113 Å². The van der Waals surface area contributed by atoms with Gasteiger partial charge in [-0.15, -0.1) is 0 Å². The second-order valence-corrected chi connectivity index (χ2v) is 5.73. The molecule has 0 aliphatic carbocycles. The molecule has 0 bridgehead atoms. The summed E-state index contributed by atoms with van der Waals surface area (Å²) in [6.07, 6.45) is 1.75. The van der Waals surface area contributed by atoms with Crippen molar-refractivity contribution in [2.75, 3.05) is 11.9 Å². The molecule has 0 saturated carbocycles. The number of nitrogens with zero attached hydrogens (tertiary/aromatic N) is 3. The second kappa shape index (κ2) is 4.85. The smallest absolute Gasteiger partial charge is 0.323 e. The fraction of sp³-hybridized carbons (Fsp3) is 0.692. The van der Waals surface area contributed by atoms with E-state index in [0.29, 0.717) is 12.4 Å². The number of likely N-dealkylation sites (tertiary alicyclic amines) is 1. The van der Waals surface area contributed by atoms with E-state index in [1.807, 2.05) is 20.0 Å². The number of amides is 2. The van der Waals surface area contributed by atoms with Crippen molar-refractivity contribution in [2.45, 2.75) is 45.3 Å². The summed E-state index contributed by atoms with van der Waals surface area (Å²) in [6.45, 7) is 6.09. The highest BCUT2D eigenvalue weighted by molar-refractivity contribution is 5.88. The number of nitrogens with one attached hydrogen (secondary N) is 1. The van der Waals surface area contributed by atoms with E-state index in [4.69, 9.17) is 0 Å². The van der Waals surface area contributed by atoms with Gasteiger partial charge in [0.2, 0.25) is 0 Å². The molecule has 1 unspecified atom stereocenters. The lowest BCUT2D eigenvalue weighted by atomic mass is 9.97. The van der Waals surface area contributed by atoms with Crippen LogP contribution in [0.5, 0.6) is 0 Å². The number of urea groups is 1. The van der Waals surface area contributed by atoms with Crippen molar-refractivity contribution in [2.24, 2.45) is 7.05 Å². The summed E-state index contributed by atoms with van der Waals surface area (Å²) in [5.74, 6) is 0.548. The molecule has 0 aromatic carbocycles. The first-order valence-corrected chi connectivity index (χ1v) is 6.59. The fourth-order valence-electron chi connectivity index (χ4n) is 2.55. The molecule has 1 aromatic heterocycles. The summed E-state index contributed by atoms with van der Waals surface area (Å²) >= 11 is 0. The van der Waals surface area contributed by atoms with Gasteiger partial charge in [-0.05, 0) is 33.6 Å². The zero-order valence-electron chi connectivity index (χ0n) is 12.0. The van der Waals surface area contributed by atoms with E-state index < -0.39 is 5.60 Å². The number of rotatable bonds is 2. The van der Waals surface area contributed by atoms with Crippen molar-refractivity contribution in [3.8, 4) is 0 Å². The second-order valence-electron chi connectivity index (χ2n) is 5.73. The molecule has 0 radical (unpaired) electrons. The highest BCUT2D eigenvalue weighted by Gasteiger charge is 2.38. The third-order valence-electron chi connectivity index (χ3n) is 3.68. The zero-order chi connectivity index (χ0) is 14.2. The molecule has 1 aliphatic rings. The van der Waals surface area contributed by atoms with Gasteiger partial charge in [0.15, 0.2) is 5.82 Å². The number of carbonyl (C=O) groups excluding carboxylic acids is 1. The summed E-state index contributed by atoms with van der Waals surface area (Å²) in [5.41, 5.74) is 0.101. The van der Waals surface area contributed by atoms with Crippen LogP contribution in [0.15, 0.2) is 6.07 Å². The lowest BCUT2D eigenvalue weighted by Gasteiger charge is -2.33. The number of aromatic nitrogens is 2. The summed E-state index contributed by atoms with van der Waals surface area (Å²) in [7, 11) is 1.83. The third-order valence-corrected chi connectivity index (χ3v) is 3.68. The molecule has 6 nitrogen and oxygen atoms in total. The van der Waals surface area contributed by atoms with Crippen molar-refractivity contribution in [3.05, 3.63) is 11.8 Å². The van der Waals surface area contributed by atoms with Crippen molar-refractivity contribution < 1.29 is 9.90 Å². The van der Waals surface area contributed by atoms with Gasteiger partial charge in [-0.2, -0.15) is 5.10 Å². The summed E-state index contributed by atoms with van der Waals surface area (Å²) in [5, 5.41) is 17.1. The molecule has 2 rings (SSSR count). The molecule has 1 fully saturated rings. The lowest BCUT2D eigenvalue weighted by Crippen LogP contribution is -2.49. The normalized spacial score (nSPS) is 19.8. The molecular formula is C13H22N4O2. The minimum absolute atomic E-state index is 0.141. The Morgan fingerprint density at radius 1 is 1.58 bits per heavy atom. The number of aryl methyl sites for hydroxylation is 2. The van der Waals surface area contributed by atoms with Gasteiger partial charge in [0.05, 0.1) is 11.6 Å². The molecule has 1 aliphatic heterocycles. The largest absolute Gasteiger partial charge is 0.388 e. The number of hydrogen-bond acceptors (Lipinski definition) is 3. The maximum Gasteiger partial charge on any atom is 0.323 e. The van der Waals surface area contributed by atoms with Crippen LogP contribution in [0.2, 0.25) is 0 Å². The Kier molecular flexibility index (Phi) is 3.54. The third kappa shape index (κ3) is 2.89. The Morgan fingerprint density at radius 3 is 2.79 bits per heavy atom. The van der Waals surface area contributed by atoms with E-state index in [1.165, 1.54) is 0 Å². The molecule has 2 amide bonds. The predicted molar refractivity (Wildman–Crippen MR) is 73.0 cm³/mol. The SMILES string of the molecule is Cc1cc(NC(=O)N2CCCC2C(C)(C)O)nn1C. The topological polar surface area (TPSA) is 70.4 Å². The average molecular weight is 266 g/mol. The molecule has 19 heavy (non-hydrogen) atoms. The summed E-state index contributed by atoms with van der Waals surface area (Å²) in [6, 6.07) is 1.49. The Hall–Kier alpha value is -1.56. The van der Waals surface area contributed by atoms with Crippen molar-refractivity contribution in [3.63, 3.8) is 0 Å². The van der Waals surface area contributed by atoms with Crippen molar-refractivity contribution >= 4 is 11.8 Å². The summed E-state index contributed by atoms with van der Waals surface area (Å²) < 4.78 is 1.72. The first-order valence-electron chi connectivity index (χ1n) is 6.59. The van der Waals surface area contributed by atoms with E-state index in [1.54, 1.807) is 23.4 Å². The number of anilines is 1. The van der Waals surface area contributed by atoms with E-state index >= 15 is 0 Å². The van der Waals surface area contributed by atoms with Crippen LogP contribution in [0.25, 0.3) is 0 Å². The van der Waals surface area contributed by atoms with Gasteiger partial charge in [0.25, 0.3) is 0 Å². The fourth-order valence-corrected chi connectivity index (χ4v) is 2.55. The van der Waals surface area contributed by atoms with Crippen LogP contribution in [0.1, 0.15) is 32.4 Å². The first kappa shape index (κ1) is 13.9. The predicted octanol–water partition coefficient (Wildman–Crippen LogP) is 1.50. The molecule has 1 saturated heterocycles. The van der Waals surface area contributed by atoms with E-state index in [-0.39, 0.29) is 12.1 Å². The molecule has 6 heteroatoms. The number of hydrogen-bond donors (Lipinski definition) is 2. The van der Waals surface area contributed by atoms with Crippen LogP contribution in [0.3, 0.4) is 0 Å². The Balaban J connectivity index is 2.07. The molecule has 1 atom stereocenters. The maximum atomic E-state index is 12.2. The van der Waals surface area contributed by atoms with Crippen molar-refractivity contribution in [1.82, 2.24) is 14.7 Å². The average Bonchev–Trinajstić information content (AvgIpc) is 2.86. The Morgan fingerprint density at radius 2 is 2.26 bits per heavy atom. The van der Waals surface area contributed by atoms with Gasteiger partial charge in [0, 0.05) is 25.4 Å². The van der Waals surface area contributed by atoms with Gasteiger partial charge in [-0.3, -0.25) is 10.00 Å². The van der Waals surface area contributed by atoms with E-state index in [9.17, 15) is 9.90 Å². The zero-order valence-corrected chi connectivity index (χ0v) is 12.0. The summed E-state index contributed by atoms with van der Waals surface area (Å²) in [4.78, 5) is 13.9. The Bertz CT molecular complexity index is 456. The highest BCUT2D eigenvalue weighted by Crippen LogP contribution is 2.27. The molecule has 0 spiro atoms. The van der Waals surface area contributed by atoms with Gasteiger partial charge in [0.1, 0.15) is 0 Å². The molecule has 1 aromatic rings. The quantitative estimate of drug-likeness (QED) is 0.852. The van der Waals surface area contributed by atoms with E-state index in [0.717, 1.165) is 18.5 Å². The minimum atomic E-state index is -0.881. The van der Waals surface area contributed by atoms with Crippen LogP contribution in [-0.2, 0) is 7.05 Å². The monoisotopic (exact) mass is 266 g/mol. The minimum Gasteiger partial charge on any atom is -0.388 e. The van der Waals surface area contributed by atoms with Crippen molar-refractivity contribution in [1.29, 1.82) is 0 Å². The van der Waals surface area contributed by atoms with Crippen LogP contribution in [0, 0.1) is 6.92 Å². The standard InChI is InChI=1S/C13H22N4O2/c1-9-8-11(15-16(9)4)14-12(18)17-7-5-6-10(17)13(2,3)19/h8,10,19H,5-7H2,1-4H3,(H,14,15,18). The highest BCUT2D eigenvalue weighted by atomic mass is 16.3. The lowest BCUT2D eigenvalue weighted by molar-refractivity contribution is 0.0117. The van der Waals surface area contributed by atoms with Gasteiger partial charge in [-0.1, -0.05) is 0 Å². The molecule has 2 heterocycles. The van der Waals surface area contributed by atoms with E-state index in [2.05, 4.69) is 10.4 Å².